The van der Waals surface area contributed by atoms with Gasteiger partial charge < -0.3 is 10.6 Å². The predicted molar refractivity (Wildman–Crippen MR) is 96.0 cm³/mol. The van der Waals surface area contributed by atoms with Crippen LogP contribution in [0.4, 0.5) is 0 Å². The molecule has 0 spiro atoms. The smallest absolute Gasteiger partial charge is 0.121 e. The van der Waals surface area contributed by atoms with Gasteiger partial charge in [0.05, 0.1) is 12.6 Å². The van der Waals surface area contributed by atoms with E-state index in [1.807, 2.05) is 0 Å². The first kappa shape index (κ1) is 17.3. The third-order valence-corrected chi connectivity index (χ3v) is 5.18. The molecule has 2 N–H and O–H groups in total. The molecule has 0 saturated heterocycles. The standard InChI is InChI=1S/C18H27N3.ClH/c1-13-7-6-10-16(14(13)2)17(19)18-20-11-12-21(18)15-8-4-3-5-9-15;/h6-7,10,15,17H,3-5,8-9,11-12,19H2,1-2H3;1H. The van der Waals surface area contributed by atoms with Crippen LogP contribution in [-0.4, -0.2) is 29.9 Å². The summed E-state index contributed by atoms with van der Waals surface area (Å²) in [5, 5.41) is 0. The average molecular weight is 322 g/mol. The SMILES string of the molecule is Cc1cccc(C(N)C2=NCCN2C2CCCCC2)c1C.Cl. The van der Waals surface area contributed by atoms with Crippen LogP contribution in [0.1, 0.15) is 54.8 Å². The van der Waals surface area contributed by atoms with Crippen LogP contribution >= 0.6 is 12.4 Å². The maximum absolute atomic E-state index is 6.59. The van der Waals surface area contributed by atoms with E-state index in [0.717, 1.165) is 18.9 Å². The van der Waals surface area contributed by atoms with Crippen LogP contribution in [0.3, 0.4) is 0 Å². The lowest BCUT2D eigenvalue weighted by Crippen LogP contribution is -2.43. The molecule has 2 aliphatic rings. The number of nitrogens with zero attached hydrogens (tertiary/aromatic N) is 2. The topological polar surface area (TPSA) is 41.6 Å². The molecular weight excluding hydrogens is 294 g/mol. The van der Waals surface area contributed by atoms with Crippen molar-refractivity contribution in [2.75, 3.05) is 13.1 Å². The van der Waals surface area contributed by atoms with E-state index < -0.39 is 0 Å². The van der Waals surface area contributed by atoms with Gasteiger partial charge in [-0.25, -0.2) is 0 Å². The van der Waals surface area contributed by atoms with Gasteiger partial charge in [-0.05, 0) is 43.4 Å². The lowest BCUT2D eigenvalue weighted by atomic mass is 9.92. The fourth-order valence-electron chi connectivity index (χ4n) is 3.77. The van der Waals surface area contributed by atoms with Crippen LogP contribution < -0.4 is 5.73 Å². The molecule has 0 aromatic heterocycles. The molecule has 0 radical (unpaired) electrons. The van der Waals surface area contributed by atoms with Gasteiger partial charge in [0.1, 0.15) is 5.84 Å². The molecule has 1 aromatic carbocycles. The zero-order chi connectivity index (χ0) is 14.8. The first-order valence-electron chi connectivity index (χ1n) is 8.31. The Hall–Kier alpha value is -1.06. The molecule has 1 saturated carbocycles. The van der Waals surface area contributed by atoms with Gasteiger partial charge in [0.2, 0.25) is 0 Å². The number of nitrogens with two attached hydrogens (primary N) is 1. The molecule has 0 bridgehead atoms. The summed E-state index contributed by atoms with van der Waals surface area (Å²) in [6.45, 7) is 6.29. The van der Waals surface area contributed by atoms with Gasteiger partial charge in [0.15, 0.2) is 0 Å². The van der Waals surface area contributed by atoms with Crippen molar-refractivity contribution < 1.29 is 0 Å². The second-order valence-corrected chi connectivity index (χ2v) is 6.49. The molecule has 1 fully saturated rings. The molecule has 4 heteroatoms. The number of rotatable bonds is 3. The van der Waals surface area contributed by atoms with Crippen molar-refractivity contribution in [2.24, 2.45) is 10.7 Å². The molecule has 1 aromatic rings. The quantitative estimate of drug-likeness (QED) is 0.920. The molecule has 1 aliphatic carbocycles. The Morgan fingerprint density at radius 1 is 1.18 bits per heavy atom. The molecule has 22 heavy (non-hydrogen) atoms. The van der Waals surface area contributed by atoms with E-state index in [1.54, 1.807) is 0 Å². The normalized spacial score (nSPS) is 20.5. The van der Waals surface area contributed by atoms with Crippen LogP contribution in [-0.2, 0) is 0 Å². The van der Waals surface area contributed by atoms with Crippen molar-refractivity contribution in [1.82, 2.24) is 4.90 Å². The van der Waals surface area contributed by atoms with E-state index in [2.05, 4.69) is 36.9 Å². The third kappa shape index (κ3) is 3.31. The summed E-state index contributed by atoms with van der Waals surface area (Å²) >= 11 is 0. The minimum Gasteiger partial charge on any atom is -0.354 e. The summed E-state index contributed by atoms with van der Waals surface area (Å²) in [6, 6.07) is 7.01. The summed E-state index contributed by atoms with van der Waals surface area (Å²) < 4.78 is 0. The number of hydrogen-bond donors (Lipinski definition) is 1. The largest absolute Gasteiger partial charge is 0.354 e. The van der Waals surface area contributed by atoms with Gasteiger partial charge in [-0.2, -0.15) is 0 Å². The highest BCUT2D eigenvalue weighted by Crippen LogP contribution is 2.29. The molecule has 1 atom stereocenters. The summed E-state index contributed by atoms with van der Waals surface area (Å²) in [5.41, 5.74) is 10.4. The van der Waals surface area contributed by atoms with Crippen LogP contribution in [0.25, 0.3) is 0 Å². The van der Waals surface area contributed by atoms with Crippen molar-refractivity contribution in [2.45, 2.75) is 58.0 Å². The van der Waals surface area contributed by atoms with Crippen molar-refractivity contribution in [3.63, 3.8) is 0 Å². The maximum Gasteiger partial charge on any atom is 0.121 e. The average Bonchev–Trinajstić information content (AvgIpc) is 3.00. The Balaban J connectivity index is 0.00000176. The first-order chi connectivity index (χ1) is 10.2. The molecule has 3 nitrogen and oxygen atoms in total. The van der Waals surface area contributed by atoms with Gasteiger partial charge in [0, 0.05) is 12.6 Å². The Morgan fingerprint density at radius 3 is 2.64 bits per heavy atom. The highest BCUT2D eigenvalue weighted by atomic mass is 35.5. The zero-order valence-electron chi connectivity index (χ0n) is 13.7. The monoisotopic (exact) mass is 321 g/mol. The Bertz CT molecular complexity index is 535. The van der Waals surface area contributed by atoms with Crippen LogP contribution in [0.2, 0.25) is 0 Å². The van der Waals surface area contributed by atoms with Crippen LogP contribution in [0.15, 0.2) is 23.2 Å². The highest BCUT2D eigenvalue weighted by Gasteiger charge is 2.31. The molecule has 0 amide bonds. The Morgan fingerprint density at radius 2 is 1.91 bits per heavy atom. The fraction of sp³-hybridized carbons (Fsp3) is 0.611. The fourth-order valence-corrected chi connectivity index (χ4v) is 3.77. The first-order valence-corrected chi connectivity index (χ1v) is 8.31. The maximum atomic E-state index is 6.59. The van der Waals surface area contributed by atoms with E-state index in [0.29, 0.717) is 6.04 Å². The number of benzene rings is 1. The Labute approximate surface area is 140 Å². The number of hydrogen-bond acceptors (Lipinski definition) is 3. The number of aryl methyl sites for hydroxylation is 1. The van der Waals surface area contributed by atoms with E-state index in [1.165, 1.54) is 48.8 Å². The molecule has 122 valence electrons. The molecule has 1 aliphatic heterocycles. The zero-order valence-corrected chi connectivity index (χ0v) is 14.5. The van der Waals surface area contributed by atoms with E-state index >= 15 is 0 Å². The second-order valence-electron chi connectivity index (χ2n) is 6.49. The highest BCUT2D eigenvalue weighted by molar-refractivity contribution is 5.90. The third-order valence-electron chi connectivity index (χ3n) is 5.18. The lowest BCUT2D eigenvalue weighted by Gasteiger charge is -2.35. The van der Waals surface area contributed by atoms with Crippen molar-refractivity contribution >= 4 is 18.2 Å². The second kappa shape index (κ2) is 7.47. The summed E-state index contributed by atoms with van der Waals surface area (Å²) in [7, 11) is 0. The minimum absolute atomic E-state index is 0. The van der Waals surface area contributed by atoms with E-state index in [4.69, 9.17) is 10.7 Å². The number of amidine groups is 1. The predicted octanol–water partition coefficient (Wildman–Crippen LogP) is 3.77. The molecule has 1 heterocycles. The van der Waals surface area contributed by atoms with Crippen LogP contribution in [0, 0.1) is 13.8 Å². The van der Waals surface area contributed by atoms with Crippen molar-refractivity contribution in [3.05, 3.63) is 34.9 Å². The lowest BCUT2D eigenvalue weighted by molar-refractivity contribution is 0.254. The van der Waals surface area contributed by atoms with Gasteiger partial charge in [-0.3, -0.25) is 4.99 Å². The van der Waals surface area contributed by atoms with Gasteiger partial charge in [-0.15, -0.1) is 12.4 Å². The van der Waals surface area contributed by atoms with E-state index in [9.17, 15) is 0 Å². The number of halogens is 1. The summed E-state index contributed by atoms with van der Waals surface area (Å²) in [5.74, 6) is 1.12. The van der Waals surface area contributed by atoms with Crippen molar-refractivity contribution in [3.8, 4) is 0 Å². The molecule has 3 rings (SSSR count). The van der Waals surface area contributed by atoms with Gasteiger partial charge in [-0.1, -0.05) is 37.5 Å². The Kier molecular flexibility index (Phi) is 5.87. The van der Waals surface area contributed by atoms with Gasteiger partial charge >= 0.3 is 0 Å². The van der Waals surface area contributed by atoms with Gasteiger partial charge in [0.25, 0.3) is 0 Å². The van der Waals surface area contributed by atoms with Crippen molar-refractivity contribution in [1.29, 1.82) is 0 Å². The summed E-state index contributed by atoms with van der Waals surface area (Å²) in [4.78, 5) is 7.26. The molecular formula is C18H28ClN3. The minimum atomic E-state index is -0.0747. The summed E-state index contributed by atoms with van der Waals surface area (Å²) in [6.07, 6.45) is 6.71. The number of aliphatic imine (C=N–C) groups is 1. The van der Waals surface area contributed by atoms with E-state index in [-0.39, 0.29) is 18.4 Å². The van der Waals surface area contributed by atoms with Crippen LogP contribution in [0.5, 0.6) is 0 Å². The molecule has 1 unspecified atom stereocenters.